The van der Waals surface area contributed by atoms with E-state index in [-0.39, 0.29) is 36.3 Å². The second-order valence-corrected chi connectivity index (χ2v) is 8.40. The lowest BCUT2D eigenvalue weighted by atomic mass is 10.1. The van der Waals surface area contributed by atoms with E-state index in [1.54, 1.807) is 13.1 Å². The number of guanidine groups is 1. The molecule has 2 rings (SSSR count). The van der Waals surface area contributed by atoms with E-state index in [4.69, 9.17) is 11.6 Å². The zero-order valence-electron chi connectivity index (χ0n) is 15.0. The van der Waals surface area contributed by atoms with Gasteiger partial charge in [-0.05, 0) is 34.9 Å². The third kappa shape index (κ3) is 8.02. The molecule has 0 aliphatic rings. The van der Waals surface area contributed by atoms with E-state index in [9.17, 15) is 12.8 Å². The Balaban J connectivity index is 0.00000364. The summed E-state index contributed by atoms with van der Waals surface area (Å²) < 4.78 is 36.7. The molecule has 2 aromatic rings. The van der Waals surface area contributed by atoms with Crippen LogP contribution in [-0.4, -0.2) is 27.7 Å². The molecule has 27 heavy (non-hydrogen) atoms. The molecule has 0 fully saturated rings. The van der Waals surface area contributed by atoms with E-state index in [1.807, 2.05) is 18.2 Å². The highest BCUT2D eigenvalue weighted by Crippen LogP contribution is 2.15. The number of nitrogens with zero attached hydrogens (tertiary/aromatic N) is 1. The predicted molar refractivity (Wildman–Crippen MR) is 119 cm³/mol. The molecule has 9 heteroatoms. The van der Waals surface area contributed by atoms with Gasteiger partial charge in [-0.1, -0.05) is 35.9 Å². The molecule has 0 spiro atoms. The summed E-state index contributed by atoms with van der Waals surface area (Å²) in [4.78, 5) is 4.11. The van der Waals surface area contributed by atoms with E-state index in [2.05, 4.69) is 15.6 Å². The lowest BCUT2D eigenvalue weighted by Gasteiger charge is -2.15. The molecule has 0 amide bonds. The fourth-order valence-corrected chi connectivity index (χ4v) is 3.45. The van der Waals surface area contributed by atoms with Gasteiger partial charge in [0.05, 0.1) is 5.75 Å². The van der Waals surface area contributed by atoms with Crippen molar-refractivity contribution in [2.24, 2.45) is 4.99 Å². The van der Waals surface area contributed by atoms with Gasteiger partial charge in [0, 0.05) is 31.4 Å². The van der Waals surface area contributed by atoms with E-state index in [0.717, 1.165) is 11.8 Å². The highest BCUT2D eigenvalue weighted by Gasteiger charge is 2.11. The van der Waals surface area contributed by atoms with Crippen LogP contribution in [0.15, 0.2) is 47.5 Å². The van der Waals surface area contributed by atoms with Crippen LogP contribution in [0.4, 0.5) is 4.39 Å². The van der Waals surface area contributed by atoms with Gasteiger partial charge in [0.1, 0.15) is 5.82 Å². The molecule has 0 bridgehead atoms. The smallest absolute Gasteiger partial charge is 0.191 e. The lowest BCUT2D eigenvalue weighted by molar-refractivity contribution is 0.599. The highest BCUT2D eigenvalue weighted by molar-refractivity contribution is 14.0. The Bertz CT molecular complexity index is 907. The molecule has 0 aliphatic heterocycles. The summed E-state index contributed by atoms with van der Waals surface area (Å²) in [6.45, 7) is 0.712. The molecule has 0 saturated carbocycles. The van der Waals surface area contributed by atoms with Crippen LogP contribution >= 0.6 is 35.6 Å². The van der Waals surface area contributed by atoms with E-state index >= 15 is 0 Å². The first-order chi connectivity index (χ1) is 12.3. The van der Waals surface area contributed by atoms with Gasteiger partial charge in [-0.15, -0.1) is 24.0 Å². The summed E-state index contributed by atoms with van der Waals surface area (Å²) in [5.74, 6) is -0.0618. The summed E-state index contributed by atoms with van der Waals surface area (Å²) in [6.07, 6.45) is 1.15. The summed E-state index contributed by atoms with van der Waals surface area (Å²) in [5.41, 5.74) is 2.04. The zero-order chi connectivity index (χ0) is 19.2. The standard InChI is InChI=1S/C18H21ClFN3O2S.HI/c1-21-18(22-10-13-5-3-4-6-17(13)19)23-11-15-9-16(20)8-7-14(15)12-26(2,24)25;/h3-9H,10-12H2,1-2H3,(H2,21,22,23);1H. The Morgan fingerprint density at radius 3 is 2.30 bits per heavy atom. The topological polar surface area (TPSA) is 70.6 Å². The van der Waals surface area contributed by atoms with Gasteiger partial charge in [-0.3, -0.25) is 4.99 Å². The number of benzene rings is 2. The molecule has 0 unspecified atom stereocenters. The molecule has 0 aromatic heterocycles. The summed E-state index contributed by atoms with van der Waals surface area (Å²) in [6, 6.07) is 11.5. The normalized spacial score (nSPS) is 11.6. The number of sulfone groups is 1. The van der Waals surface area contributed by atoms with Crippen molar-refractivity contribution < 1.29 is 12.8 Å². The van der Waals surface area contributed by atoms with Crippen LogP contribution < -0.4 is 10.6 Å². The van der Waals surface area contributed by atoms with Gasteiger partial charge in [-0.2, -0.15) is 0 Å². The molecule has 5 nitrogen and oxygen atoms in total. The highest BCUT2D eigenvalue weighted by atomic mass is 127. The number of rotatable bonds is 6. The minimum Gasteiger partial charge on any atom is -0.352 e. The molecular weight excluding hydrogens is 504 g/mol. The van der Waals surface area contributed by atoms with E-state index in [0.29, 0.717) is 28.7 Å². The van der Waals surface area contributed by atoms with Gasteiger partial charge in [0.2, 0.25) is 0 Å². The van der Waals surface area contributed by atoms with Crippen LogP contribution in [0.3, 0.4) is 0 Å². The Kier molecular flexibility index (Phi) is 9.48. The first-order valence-electron chi connectivity index (χ1n) is 7.91. The van der Waals surface area contributed by atoms with E-state index < -0.39 is 15.7 Å². The largest absolute Gasteiger partial charge is 0.352 e. The van der Waals surface area contributed by atoms with Crippen molar-refractivity contribution in [3.8, 4) is 0 Å². The van der Waals surface area contributed by atoms with Gasteiger partial charge in [-0.25, -0.2) is 12.8 Å². The maximum absolute atomic E-state index is 13.6. The quantitative estimate of drug-likeness (QED) is 0.344. The Hall–Kier alpha value is -1.39. The van der Waals surface area contributed by atoms with Crippen LogP contribution in [0, 0.1) is 5.82 Å². The van der Waals surface area contributed by atoms with Crippen molar-refractivity contribution in [2.75, 3.05) is 13.3 Å². The van der Waals surface area contributed by atoms with E-state index in [1.165, 1.54) is 18.2 Å². The fourth-order valence-electron chi connectivity index (χ4n) is 2.40. The maximum atomic E-state index is 13.6. The van der Waals surface area contributed by atoms with Gasteiger partial charge >= 0.3 is 0 Å². The Labute approximate surface area is 181 Å². The lowest BCUT2D eigenvalue weighted by Crippen LogP contribution is -2.36. The molecule has 2 N–H and O–H groups in total. The molecule has 0 saturated heterocycles. The van der Waals surface area contributed by atoms with Gasteiger partial charge in [0.15, 0.2) is 15.8 Å². The minimum absolute atomic E-state index is 0. The van der Waals surface area contributed by atoms with Gasteiger partial charge in [0.25, 0.3) is 0 Å². The SMILES string of the molecule is CN=C(NCc1ccccc1Cl)NCc1cc(F)ccc1CS(C)(=O)=O.I. The monoisotopic (exact) mass is 525 g/mol. The molecule has 0 radical (unpaired) electrons. The molecule has 0 aliphatic carbocycles. The Morgan fingerprint density at radius 1 is 1.07 bits per heavy atom. The summed E-state index contributed by atoms with van der Waals surface area (Å²) >= 11 is 6.12. The number of hydrogen-bond acceptors (Lipinski definition) is 3. The predicted octanol–water partition coefficient (Wildman–Crippen LogP) is 3.51. The van der Waals surface area contributed by atoms with Crippen molar-refractivity contribution >= 4 is 51.4 Å². The molecule has 0 heterocycles. The fraction of sp³-hybridized carbons (Fsp3) is 0.278. The van der Waals surface area contributed by atoms with Crippen molar-refractivity contribution in [2.45, 2.75) is 18.8 Å². The summed E-state index contributed by atoms with van der Waals surface area (Å²) in [5, 5.41) is 6.83. The molecule has 2 aromatic carbocycles. The van der Waals surface area contributed by atoms with Crippen molar-refractivity contribution in [3.63, 3.8) is 0 Å². The zero-order valence-corrected chi connectivity index (χ0v) is 18.9. The second-order valence-electron chi connectivity index (χ2n) is 5.85. The number of hydrogen-bond donors (Lipinski definition) is 2. The maximum Gasteiger partial charge on any atom is 0.191 e. The first-order valence-corrected chi connectivity index (χ1v) is 10.4. The number of nitrogens with one attached hydrogen (secondary N) is 2. The van der Waals surface area contributed by atoms with Crippen molar-refractivity contribution in [3.05, 3.63) is 70.0 Å². The molecule has 148 valence electrons. The molecular formula is C18H22ClFIN3O2S. The van der Waals surface area contributed by atoms with Crippen molar-refractivity contribution in [1.29, 1.82) is 0 Å². The summed E-state index contributed by atoms with van der Waals surface area (Å²) in [7, 11) is -1.60. The minimum atomic E-state index is -3.22. The van der Waals surface area contributed by atoms with Crippen molar-refractivity contribution in [1.82, 2.24) is 10.6 Å². The Morgan fingerprint density at radius 2 is 1.70 bits per heavy atom. The third-order valence-corrected chi connectivity index (χ3v) is 4.86. The van der Waals surface area contributed by atoms with Crippen LogP contribution in [-0.2, 0) is 28.7 Å². The van der Waals surface area contributed by atoms with Crippen LogP contribution in [0.1, 0.15) is 16.7 Å². The number of halogens is 3. The molecule has 0 atom stereocenters. The van der Waals surface area contributed by atoms with Crippen LogP contribution in [0.2, 0.25) is 5.02 Å². The van der Waals surface area contributed by atoms with Crippen LogP contribution in [0.25, 0.3) is 0 Å². The second kappa shape index (κ2) is 10.8. The first kappa shape index (κ1) is 23.6. The average molecular weight is 526 g/mol. The average Bonchev–Trinajstić information content (AvgIpc) is 2.57. The van der Waals surface area contributed by atoms with Crippen LogP contribution in [0.5, 0.6) is 0 Å². The third-order valence-electron chi connectivity index (χ3n) is 3.66. The van der Waals surface area contributed by atoms with Gasteiger partial charge < -0.3 is 10.6 Å². The number of aliphatic imine (C=N–C) groups is 1.